The van der Waals surface area contributed by atoms with Crippen molar-refractivity contribution in [3.8, 4) is 22.9 Å². The zero-order valence-corrected chi connectivity index (χ0v) is 16.2. The highest BCUT2D eigenvalue weighted by Crippen LogP contribution is 2.32. The number of rotatable bonds is 7. The molecule has 1 aliphatic carbocycles. The lowest BCUT2D eigenvalue weighted by molar-refractivity contribution is 0.292. The first-order valence-corrected chi connectivity index (χ1v) is 10.2. The van der Waals surface area contributed by atoms with Crippen LogP contribution in [0.1, 0.15) is 51.0 Å². The topological polar surface area (TPSA) is 33.0 Å². The zero-order chi connectivity index (χ0) is 18.9. The van der Waals surface area contributed by atoms with Crippen LogP contribution < -0.4 is 4.74 Å². The van der Waals surface area contributed by atoms with Crippen molar-refractivity contribution in [2.24, 2.45) is 11.8 Å². The van der Waals surface area contributed by atoms with E-state index in [1.165, 1.54) is 38.5 Å². The Morgan fingerprint density at radius 1 is 0.963 bits per heavy atom. The molecule has 0 radical (unpaired) electrons. The Hall–Kier alpha value is -2.53. The molecule has 0 bridgehead atoms. The minimum absolute atomic E-state index is 0.630. The molecular formula is C25H29NO. The van der Waals surface area contributed by atoms with Gasteiger partial charge in [0, 0.05) is 0 Å². The molecule has 1 aliphatic rings. The van der Waals surface area contributed by atoms with E-state index in [1.807, 2.05) is 36.4 Å². The van der Waals surface area contributed by atoms with Crippen LogP contribution >= 0.6 is 0 Å². The number of hydrogen-bond donors (Lipinski definition) is 0. The lowest BCUT2D eigenvalue weighted by atomic mass is 9.80. The molecule has 3 rings (SSSR count). The number of nitrogens with zero attached hydrogens (tertiary/aromatic N) is 1. The van der Waals surface area contributed by atoms with E-state index in [0.29, 0.717) is 12.2 Å². The zero-order valence-electron chi connectivity index (χ0n) is 16.2. The maximum Gasteiger partial charge on any atom is 0.119 e. The van der Waals surface area contributed by atoms with Gasteiger partial charge in [-0.25, -0.2) is 0 Å². The maximum atomic E-state index is 8.88. The van der Waals surface area contributed by atoms with Crippen molar-refractivity contribution in [2.45, 2.75) is 45.4 Å². The van der Waals surface area contributed by atoms with Crippen molar-refractivity contribution in [3.05, 3.63) is 66.2 Å². The van der Waals surface area contributed by atoms with Crippen LogP contribution in [0.3, 0.4) is 0 Å². The Kier molecular flexibility index (Phi) is 7.11. The van der Waals surface area contributed by atoms with Crippen LogP contribution in [-0.2, 0) is 0 Å². The van der Waals surface area contributed by atoms with Gasteiger partial charge in [-0.2, -0.15) is 5.26 Å². The first-order valence-electron chi connectivity index (χ1n) is 10.2. The molecule has 0 aliphatic heterocycles. The molecule has 1 saturated carbocycles. The fourth-order valence-corrected chi connectivity index (χ4v) is 3.95. The number of benzene rings is 2. The van der Waals surface area contributed by atoms with Crippen LogP contribution in [0, 0.1) is 23.2 Å². The average Bonchev–Trinajstić information content (AvgIpc) is 2.73. The third-order valence-electron chi connectivity index (χ3n) is 5.54. The Balaban J connectivity index is 1.44. The normalized spacial score (nSPS) is 19.7. The van der Waals surface area contributed by atoms with Crippen molar-refractivity contribution in [2.75, 3.05) is 6.61 Å². The summed E-state index contributed by atoms with van der Waals surface area (Å²) in [5.41, 5.74) is 2.93. The van der Waals surface area contributed by atoms with Crippen LogP contribution in [0.2, 0.25) is 0 Å². The molecule has 0 aromatic heterocycles. The fraction of sp³-hybridized carbons (Fsp3) is 0.400. The first-order chi connectivity index (χ1) is 13.3. The molecule has 0 N–H and O–H groups in total. The van der Waals surface area contributed by atoms with Crippen molar-refractivity contribution < 1.29 is 4.74 Å². The summed E-state index contributed by atoms with van der Waals surface area (Å²) in [6.45, 7) is 2.92. The molecule has 2 heteroatoms. The lowest BCUT2D eigenvalue weighted by Crippen LogP contribution is -2.13. The SMILES string of the molecule is CCCC1CCC(C=CCOc2ccc(-c3ccc(C#N)cc3)cc2)CC1. The van der Waals surface area contributed by atoms with E-state index in [0.717, 1.165) is 28.7 Å². The van der Waals surface area contributed by atoms with E-state index in [9.17, 15) is 0 Å². The van der Waals surface area contributed by atoms with Crippen LogP contribution in [0.5, 0.6) is 5.75 Å². The number of ether oxygens (including phenoxy) is 1. The van der Waals surface area contributed by atoms with E-state index < -0.39 is 0 Å². The van der Waals surface area contributed by atoms with Gasteiger partial charge >= 0.3 is 0 Å². The summed E-state index contributed by atoms with van der Waals surface area (Å²) < 4.78 is 5.85. The minimum Gasteiger partial charge on any atom is -0.490 e. The Morgan fingerprint density at radius 2 is 1.59 bits per heavy atom. The van der Waals surface area contributed by atoms with Gasteiger partial charge in [0.2, 0.25) is 0 Å². The van der Waals surface area contributed by atoms with Crippen molar-refractivity contribution in [1.29, 1.82) is 5.26 Å². The molecule has 2 nitrogen and oxygen atoms in total. The summed E-state index contributed by atoms with van der Waals surface area (Å²) in [5, 5.41) is 8.88. The molecule has 140 valence electrons. The summed E-state index contributed by atoms with van der Waals surface area (Å²) in [4.78, 5) is 0. The summed E-state index contributed by atoms with van der Waals surface area (Å²) in [7, 11) is 0. The molecule has 0 unspecified atom stereocenters. The Morgan fingerprint density at radius 3 is 2.19 bits per heavy atom. The molecule has 0 saturated heterocycles. The molecule has 2 aromatic rings. The number of hydrogen-bond acceptors (Lipinski definition) is 2. The fourth-order valence-electron chi connectivity index (χ4n) is 3.95. The van der Waals surface area contributed by atoms with Crippen LogP contribution in [-0.4, -0.2) is 6.61 Å². The van der Waals surface area contributed by atoms with Crippen molar-refractivity contribution >= 4 is 0 Å². The molecule has 2 aromatic carbocycles. The average molecular weight is 360 g/mol. The predicted octanol–water partition coefficient (Wildman–Crippen LogP) is 6.77. The quantitative estimate of drug-likeness (QED) is 0.511. The highest BCUT2D eigenvalue weighted by Gasteiger charge is 2.18. The highest BCUT2D eigenvalue weighted by molar-refractivity contribution is 5.64. The van der Waals surface area contributed by atoms with Gasteiger partial charge in [0.1, 0.15) is 12.4 Å². The summed E-state index contributed by atoms with van der Waals surface area (Å²) in [6.07, 6.45) is 12.7. The molecule has 1 fully saturated rings. The third-order valence-corrected chi connectivity index (χ3v) is 5.54. The van der Waals surface area contributed by atoms with E-state index in [-0.39, 0.29) is 0 Å². The van der Waals surface area contributed by atoms with Gasteiger partial charge < -0.3 is 4.74 Å². The van der Waals surface area contributed by atoms with E-state index in [4.69, 9.17) is 10.00 Å². The largest absolute Gasteiger partial charge is 0.490 e. The second-order valence-corrected chi connectivity index (χ2v) is 7.52. The number of allylic oxidation sites excluding steroid dienone is 1. The molecular weight excluding hydrogens is 330 g/mol. The van der Waals surface area contributed by atoms with Crippen molar-refractivity contribution in [1.82, 2.24) is 0 Å². The van der Waals surface area contributed by atoms with Gasteiger partial charge in [-0.15, -0.1) is 0 Å². The highest BCUT2D eigenvalue weighted by atomic mass is 16.5. The van der Waals surface area contributed by atoms with Gasteiger partial charge in [0.15, 0.2) is 0 Å². The van der Waals surface area contributed by atoms with Gasteiger partial charge in [0.05, 0.1) is 11.6 Å². The van der Waals surface area contributed by atoms with Crippen molar-refractivity contribution in [3.63, 3.8) is 0 Å². The predicted molar refractivity (Wildman–Crippen MR) is 112 cm³/mol. The molecule has 0 atom stereocenters. The minimum atomic E-state index is 0.630. The second-order valence-electron chi connectivity index (χ2n) is 7.52. The smallest absolute Gasteiger partial charge is 0.119 e. The Bertz CT molecular complexity index is 759. The van der Waals surface area contributed by atoms with Crippen LogP contribution in [0.25, 0.3) is 11.1 Å². The van der Waals surface area contributed by atoms with Gasteiger partial charge in [0.25, 0.3) is 0 Å². The molecule has 0 spiro atoms. The van der Waals surface area contributed by atoms with E-state index >= 15 is 0 Å². The van der Waals surface area contributed by atoms with Gasteiger partial charge in [-0.05, 0) is 72.9 Å². The standard InChI is InChI=1S/C25H29NO/c1-2-4-20-6-8-21(9-7-20)5-3-18-27-25-16-14-24(15-17-25)23-12-10-22(19-26)11-13-23/h3,5,10-17,20-21H,2,4,6-9,18H2,1H3. The van der Waals surface area contributed by atoms with E-state index in [1.54, 1.807) is 0 Å². The van der Waals surface area contributed by atoms with Crippen LogP contribution in [0.4, 0.5) is 0 Å². The third kappa shape index (κ3) is 5.73. The molecule has 0 amide bonds. The maximum absolute atomic E-state index is 8.88. The van der Waals surface area contributed by atoms with Crippen LogP contribution in [0.15, 0.2) is 60.7 Å². The summed E-state index contributed by atoms with van der Waals surface area (Å²) in [6, 6.07) is 18.0. The molecule has 27 heavy (non-hydrogen) atoms. The first kappa shape index (κ1) is 19.2. The molecule has 0 heterocycles. The monoisotopic (exact) mass is 359 g/mol. The summed E-state index contributed by atoms with van der Waals surface area (Å²) >= 11 is 0. The Labute approximate surface area is 163 Å². The van der Waals surface area contributed by atoms with Gasteiger partial charge in [-0.1, -0.05) is 56.2 Å². The summed E-state index contributed by atoms with van der Waals surface area (Å²) in [5.74, 6) is 2.59. The lowest BCUT2D eigenvalue weighted by Gasteiger charge is -2.26. The van der Waals surface area contributed by atoms with E-state index in [2.05, 4.69) is 37.3 Å². The second kappa shape index (κ2) is 9.97. The van der Waals surface area contributed by atoms with Gasteiger partial charge in [-0.3, -0.25) is 0 Å². The number of nitriles is 1.